The summed E-state index contributed by atoms with van der Waals surface area (Å²) >= 11 is 0. The van der Waals surface area contributed by atoms with Gasteiger partial charge in [-0.2, -0.15) is 8.42 Å². The minimum absolute atomic E-state index is 0.0618. The maximum Gasteiger partial charge on any atom is 0.309 e. The second-order valence-electron chi connectivity index (χ2n) is 2.97. The standard InChI is InChI=1S/C8H8FNO4S/c1-6(15(9,13)14)7-3-2-4-8(5-7)10(11)12/h2-6H,1H3. The van der Waals surface area contributed by atoms with Crippen LogP contribution in [0.15, 0.2) is 24.3 Å². The lowest BCUT2D eigenvalue weighted by atomic mass is 10.1. The predicted molar refractivity (Wildman–Crippen MR) is 51.5 cm³/mol. The smallest absolute Gasteiger partial charge is 0.258 e. The Kier molecular flexibility index (Phi) is 3.04. The summed E-state index contributed by atoms with van der Waals surface area (Å²) < 4.78 is 33.8. The SMILES string of the molecule is CC(c1cccc([N+](=O)[O-])c1)S(=O)(=O)F. The molecule has 1 aromatic carbocycles. The number of hydrogen-bond acceptors (Lipinski definition) is 4. The minimum atomic E-state index is -4.72. The molecular weight excluding hydrogens is 225 g/mol. The Morgan fingerprint density at radius 2 is 2.07 bits per heavy atom. The fourth-order valence-electron chi connectivity index (χ4n) is 1.05. The maximum atomic E-state index is 12.6. The van der Waals surface area contributed by atoms with Crippen LogP contribution in [-0.4, -0.2) is 13.3 Å². The largest absolute Gasteiger partial charge is 0.309 e. The molecule has 1 unspecified atom stereocenters. The quantitative estimate of drug-likeness (QED) is 0.454. The van der Waals surface area contributed by atoms with Crippen LogP contribution >= 0.6 is 0 Å². The molecule has 0 bridgehead atoms. The van der Waals surface area contributed by atoms with Crippen LogP contribution in [-0.2, 0) is 10.2 Å². The molecule has 0 aliphatic heterocycles. The van der Waals surface area contributed by atoms with Gasteiger partial charge in [0, 0.05) is 12.1 Å². The van der Waals surface area contributed by atoms with Crippen molar-refractivity contribution in [3.8, 4) is 0 Å². The van der Waals surface area contributed by atoms with Gasteiger partial charge >= 0.3 is 10.2 Å². The number of benzene rings is 1. The lowest BCUT2D eigenvalue weighted by Crippen LogP contribution is -2.04. The lowest BCUT2D eigenvalue weighted by molar-refractivity contribution is -0.384. The summed E-state index contributed by atoms with van der Waals surface area (Å²) in [6.07, 6.45) is 0. The van der Waals surface area contributed by atoms with Crippen LogP contribution in [0.2, 0.25) is 0 Å². The molecule has 0 aliphatic carbocycles. The van der Waals surface area contributed by atoms with Crippen molar-refractivity contribution in [3.05, 3.63) is 39.9 Å². The molecule has 5 nitrogen and oxygen atoms in total. The van der Waals surface area contributed by atoms with Gasteiger partial charge in [0.2, 0.25) is 0 Å². The number of halogens is 1. The highest BCUT2D eigenvalue weighted by Gasteiger charge is 2.22. The van der Waals surface area contributed by atoms with E-state index in [-0.39, 0.29) is 11.3 Å². The van der Waals surface area contributed by atoms with E-state index in [2.05, 4.69) is 0 Å². The number of hydrogen-bond donors (Lipinski definition) is 0. The predicted octanol–water partition coefficient (Wildman–Crippen LogP) is 1.96. The van der Waals surface area contributed by atoms with E-state index >= 15 is 0 Å². The molecule has 1 atom stereocenters. The van der Waals surface area contributed by atoms with E-state index in [0.717, 1.165) is 13.0 Å². The van der Waals surface area contributed by atoms with E-state index in [4.69, 9.17) is 0 Å². The van der Waals surface area contributed by atoms with Crippen molar-refractivity contribution in [1.29, 1.82) is 0 Å². The molecule has 0 N–H and O–H groups in total. The molecule has 7 heteroatoms. The van der Waals surface area contributed by atoms with E-state index < -0.39 is 20.4 Å². The zero-order valence-corrected chi connectivity index (χ0v) is 8.57. The van der Waals surface area contributed by atoms with Gasteiger partial charge in [0.15, 0.2) is 0 Å². The van der Waals surface area contributed by atoms with Crippen LogP contribution in [0, 0.1) is 10.1 Å². The first-order valence-electron chi connectivity index (χ1n) is 4.00. The van der Waals surface area contributed by atoms with Crippen molar-refractivity contribution in [2.75, 3.05) is 0 Å². The van der Waals surface area contributed by atoms with Gasteiger partial charge in [-0.05, 0) is 12.5 Å². The summed E-state index contributed by atoms with van der Waals surface area (Å²) in [6.45, 7) is 1.13. The molecule has 0 heterocycles. The van der Waals surface area contributed by atoms with Crippen LogP contribution in [0.1, 0.15) is 17.7 Å². The fraction of sp³-hybridized carbons (Fsp3) is 0.250. The lowest BCUT2D eigenvalue weighted by Gasteiger charge is -2.05. The van der Waals surface area contributed by atoms with E-state index in [1.54, 1.807) is 0 Å². The molecule has 15 heavy (non-hydrogen) atoms. The van der Waals surface area contributed by atoms with Crippen molar-refractivity contribution in [1.82, 2.24) is 0 Å². The highest BCUT2D eigenvalue weighted by molar-refractivity contribution is 7.86. The Hall–Kier alpha value is -1.50. The summed E-state index contributed by atoms with van der Waals surface area (Å²) in [6, 6.07) is 4.90. The average molecular weight is 233 g/mol. The van der Waals surface area contributed by atoms with Gasteiger partial charge in [-0.15, -0.1) is 3.89 Å². The van der Waals surface area contributed by atoms with Gasteiger partial charge in [-0.3, -0.25) is 10.1 Å². The Balaban J connectivity index is 3.17. The van der Waals surface area contributed by atoms with Gasteiger partial charge in [0.25, 0.3) is 5.69 Å². The Labute approximate surface area is 85.9 Å². The van der Waals surface area contributed by atoms with E-state index in [1.807, 2.05) is 0 Å². The Bertz CT molecular complexity index is 485. The first-order valence-corrected chi connectivity index (χ1v) is 5.45. The molecule has 0 aliphatic rings. The number of non-ortho nitro benzene ring substituents is 1. The third kappa shape index (κ3) is 2.72. The van der Waals surface area contributed by atoms with Crippen molar-refractivity contribution in [2.24, 2.45) is 0 Å². The summed E-state index contributed by atoms with van der Waals surface area (Å²) in [5.41, 5.74) is -0.199. The number of nitro groups is 1. The van der Waals surface area contributed by atoms with Crippen LogP contribution in [0.3, 0.4) is 0 Å². The van der Waals surface area contributed by atoms with Crippen LogP contribution in [0.4, 0.5) is 9.57 Å². The van der Waals surface area contributed by atoms with Crippen molar-refractivity contribution in [3.63, 3.8) is 0 Å². The number of rotatable bonds is 3. The normalized spacial score (nSPS) is 13.5. The van der Waals surface area contributed by atoms with Crippen LogP contribution < -0.4 is 0 Å². The number of nitrogens with zero attached hydrogens (tertiary/aromatic N) is 1. The van der Waals surface area contributed by atoms with Crippen molar-refractivity contribution >= 4 is 15.9 Å². The van der Waals surface area contributed by atoms with Crippen LogP contribution in [0.5, 0.6) is 0 Å². The summed E-state index contributed by atoms with van der Waals surface area (Å²) in [7, 11) is -4.72. The molecule has 82 valence electrons. The first-order chi connectivity index (χ1) is 6.82. The monoisotopic (exact) mass is 233 g/mol. The average Bonchev–Trinajstić information content (AvgIpc) is 2.15. The summed E-state index contributed by atoms with van der Waals surface area (Å²) in [5.74, 6) is 0. The maximum absolute atomic E-state index is 12.6. The highest BCUT2D eigenvalue weighted by Crippen LogP contribution is 2.25. The van der Waals surface area contributed by atoms with E-state index in [1.165, 1.54) is 18.2 Å². The molecule has 0 aromatic heterocycles. The Morgan fingerprint density at radius 1 is 1.47 bits per heavy atom. The molecule has 0 radical (unpaired) electrons. The van der Waals surface area contributed by atoms with Crippen LogP contribution in [0.25, 0.3) is 0 Å². The summed E-state index contributed by atoms with van der Waals surface area (Å²) in [4.78, 5) is 9.72. The third-order valence-electron chi connectivity index (χ3n) is 1.97. The summed E-state index contributed by atoms with van der Waals surface area (Å²) in [5, 5.41) is 9.00. The third-order valence-corrected chi connectivity index (χ3v) is 3.09. The molecule has 0 amide bonds. The number of nitro benzene ring substituents is 1. The minimum Gasteiger partial charge on any atom is -0.258 e. The van der Waals surface area contributed by atoms with Gasteiger partial charge in [-0.1, -0.05) is 12.1 Å². The van der Waals surface area contributed by atoms with Gasteiger partial charge in [-0.25, -0.2) is 0 Å². The van der Waals surface area contributed by atoms with E-state index in [0.29, 0.717) is 0 Å². The molecule has 0 saturated carbocycles. The molecular formula is C8H8FNO4S. The van der Waals surface area contributed by atoms with Crippen molar-refractivity contribution in [2.45, 2.75) is 12.2 Å². The fourth-order valence-corrected chi connectivity index (χ4v) is 1.53. The zero-order chi connectivity index (χ0) is 11.6. The van der Waals surface area contributed by atoms with Crippen molar-refractivity contribution < 1.29 is 17.2 Å². The zero-order valence-electron chi connectivity index (χ0n) is 7.75. The van der Waals surface area contributed by atoms with Gasteiger partial charge in [0.1, 0.15) is 5.25 Å². The molecule has 1 aromatic rings. The highest BCUT2D eigenvalue weighted by atomic mass is 32.3. The Morgan fingerprint density at radius 3 is 2.53 bits per heavy atom. The molecule has 0 spiro atoms. The molecule has 1 rings (SSSR count). The first kappa shape index (κ1) is 11.6. The van der Waals surface area contributed by atoms with Gasteiger partial charge in [0.05, 0.1) is 4.92 Å². The topological polar surface area (TPSA) is 77.3 Å². The molecule has 0 fully saturated rings. The van der Waals surface area contributed by atoms with E-state index in [9.17, 15) is 22.4 Å². The second kappa shape index (κ2) is 3.93. The molecule has 0 saturated heterocycles. The van der Waals surface area contributed by atoms with Gasteiger partial charge < -0.3 is 0 Å². The second-order valence-corrected chi connectivity index (χ2v) is 4.63.